The molecular weight excluding hydrogens is 234 g/mol. The summed E-state index contributed by atoms with van der Waals surface area (Å²) in [5, 5.41) is 2.95. The summed E-state index contributed by atoms with van der Waals surface area (Å²) in [4.78, 5) is 11.8. The van der Waals surface area contributed by atoms with Gasteiger partial charge in [-0.1, -0.05) is 25.0 Å². The molecule has 1 aliphatic carbocycles. The normalized spacial score (nSPS) is 14.6. The Bertz CT molecular complexity index is 370. The van der Waals surface area contributed by atoms with E-state index in [4.69, 9.17) is 11.6 Å². The highest BCUT2D eigenvalue weighted by molar-refractivity contribution is 6.17. The Balaban J connectivity index is 1.73. The van der Waals surface area contributed by atoms with Gasteiger partial charge in [0.2, 0.25) is 0 Å². The average Bonchev–Trinajstić information content (AvgIpc) is 3.18. The Morgan fingerprint density at radius 3 is 2.59 bits per heavy atom. The van der Waals surface area contributed by atoms with Crippen molar-refractivity contribution in [1.82, 2.24) is 5.32 Å². The first-order valence-corrected chi connectivity index (χ1v) is 6.76. The monoisotopic (exact) mass is 251 g/mol. The predicted molar refractivity (Wildman–Crippen MR) is 70.3 cm³/mol. The summed E-state index contributed by atoms with van der Waals surface area (Å²) >= 11 is 5.70. The van der Waals surface area contributed by atoms with Gasteiger partial charge in [-0.2, -0.15) is 0 Å². The standard InChI is InChI=1S/C14H18ClNO/c15-10-12-5-7-13(8-6-12)14(17)16-9-1-2-11-3-4-11/h5-8,11H,1-4,9-10H2,(H,16,17). The van der Waals surface area contributed by atoms with Crippen LogP contribution in [0.1, 0.15) is 41.6 Å². The lowest BCUT2D eigenvalue weighted by atomic mass is 10.1. The second-order valence-corrected chi connectivity index (χ2v) is 4.94. The smallest absolute Gasteiger partial charge is 0.251 e. The van der Waals surface area contributed by atoms with Crippen molar-refractivity contribution in [3.05, 3.63) is 35.4 Å². The maximum atomic E-state index is 11.8. The molecule has 0 unspecified atom stereocenters. The van der Waals surface area contributed by atoms with E-state index in [2.05, 4.69) is 5.32 Å². The Morgan fingerprint density at radius 1 is 1.29 bits per heavy atom. The first kappa shape index (κ1) is 12.4. The molecule has 2 nitrogen and oxygen atoms in total. The molecule has 17 heavy (non-hydrogen) atoms. The lowest BCUT2D eigenvalue weighted by Gasteiger charge is -2.05. The molecule has 0 aliphatic heterocycles. The minimum Gasteiger partial charge on any atom is -0.352 e. The largest absolute Gasteiger partial charge is 0.352 e. The molecule has 0 spiro atoms. The van der Waals surface area contributed by atoms with Crippen LogP contribution in [0.25, 0.3) is 0 Å². The summed E-state index contributed by atoms with van der Waals surface area (Å²) in [6.45, 7) is 0.784. The van der Waals surface area contributed by atoms with Crippen LogP contribution in [0.5, 0.6) is 0 Å². The molecule has 1 amide bonds. The quantitative estimate of drug-likeness (QED) is 0.610. The molecule has 3 heteroatoms. The molecule has 0 radical (unpaired) electrons. The zero-order chi connectivity index (χ0) is 12.1. The molecule has 2 rings (SSSR count). The van der Waals surface area contributed by atoms with Crippen molar-refractivity contribution in [2.24, 2.45) is 5.92 Å². The van der Waals surface area contributed by atoms with E-state index in [0.717, 1.165) is 24.4 Å². The third-order valence-corrected chi connectivity index (χ3v) is 3.45. The summed E-state index contributed by atoms with van der Waals surface area (Å²) in [6.07, 6.45) is 5.11. The van der Waals surface area contributed by atoms with Crippen molar-refractivity contribution in [2.75, 3.05) is 6.54 Å². The number of rotatable bonds is 6. The number of amides is 1. The van der Waals surface area contributed by atoms with Gasteiger partial charge in [-0.15, -0.1) is 11.6 Å². The number of benzene rings is 1. The molecule has 0 atom stereocenters. The van der Waals surface area contributed by atoms with E-state index in [9.17, 15) is 4.79 Å². The Kier molecular flexibility index (Phi) is 4.43. The highest BCUT2D eigenvalue weighted by Gasteiger charge is 2.20. The lowest BCUT2D eigenvalue weighted by molar-refractivity contribution is 0.0953. The topological polar surface area (TPSA) is 29.1 Å². The zero-order valence-electron chi connectivity index (χ0n) is 9.92. The number of hydrogen-bond donors (Lipinski definition) is 1. The van der Waals surface area contributed by atoms with Crippen LogP contribution in [0.4, 0.5) is 0 Å². The van der Waals surface area contributed by atoms with Gasteiger partial charge in [0.15, 0.2) is 0 Å². The van der Waals surface area contributed by atoms with Crippen molar-refractivity contribution in [3.63, 3.8) is 0 Å². The van der Waals surface area contributed by atoms with E-state index in [0.29, 0.717) is 11.4 Å². The molecular formula is C14H18ClNO. The molecule has 0 heterocycles. The van der Waals surface area contributed by atoms with Crippen molar-refractivity contribution in [1.29, 1.82) is 0 Å². The third kappa shape index (κ3) is 4.04. The minimum absolute atomic E-state index is 0.0157. The number of carbonyl (C=O) groups is 1. The summed E-state index contributed by atoms with van der Waals surface area (Å²) in [5.74, 6) is 1.44. The molecule has 0 bridgehead atoms. The lowest BCUT2D eigenvalue weighted by Crippen LogP contribution is -2.24. The number of alkyl halides is 1. The fraction of sp³-hybridized carbons (Fsp3) is 0.500. The Labute approximate surface area is 107 Å². The molecule has 1 aliphatic rings. The number of halogens is 1. The summed E-state index contributed by atoms with van der Waals surface area (Å²) in [7, 11) is 0. The first-order chi connectivity index (χ1) is 8.29. The molecule has 92 valence electrons. The molecule has 1 fully saturated rings. The van der Waals surface area contributed by atoms with Crippen LogP contribution >= 0.6 is 11.6 Å². The van der Waals surface area contributed by atoms with Gasteiger partial charge >= 0.3 is 0 Å². The van der Waals surface area contributed by atoms with Crippen LogP contribution in [0.3, 0.4) is 0 Å². The third-order valence-electron chi connectivity index (χ3n) is 3.14. The van der Waals surface area contributed by atoms with E-state index in [-0.39, 0.29) is 5.91 Å². The van der Waals surface area contributed by atoms with Gasteiger partial charge in [-0.05, 0) is 36.5 Å². The van der Waals surface area contributed by atoms with E-state index >= 15 is 0 Å². The van der Waals surface area contributed by atoms with Crippen LogP contribution in [-0.4, -0.2) is 12.5 Å². The van der Waals surface area contributed by atoms with E-state index < -0.39 is 0 Å². The molecule has 1 aromatic carbocycles. The number of carbonyl (C=O) groups excluding carboxylic acids is 1. The van der Waals surface area contributed by atoms with Gasteiger partial charge in [-0.3, -0.25) is 4.79 Å². The maximum Gasteiger partial charge on any atom is 0.251 e. The second-order valence-electron chi connectivity index (χ2n) is 4.67. The molecule has 1 N–H and O–H groups in total. The van der Waals surface area contributed by atoms with Gasteiger partial charge < -0.3 is 5.32 Å². The Morgan fingerprint density at radius 2 is 2.00 bits per heavy atom. The molecule has 1 aromatic rings. The fourth-order valence-corrected chi connectivity index (χ4v) is 2.02. The second kappa shape index (κ2) is 6.06. The van der Waals surface area contributed by atoms with E-state index in [1.807, 2.05) is 24.3 Å². The summed E-state index contributed by atoms with van der Waals surface area (Å²) in [6, 6.07) is 7.44. The van der Waals surface area contributed by atoms with E-state index in [1.54, 1.807) is 0 Å². The maximum absolute atomic E-state index is 11.8. The Hall–Kier alpha value is -1.02. The van der Waals surface area contributed by atoms with Gasteiger partial charge in [0, 0.05) is 18.0 Å². The fourth-order valence-electron chi connectivity index (χ4n) is 1.85. The molecule has 0 saturated heterocycles. The van der Waals surface area contributed by atoms with E-state index in [1.165, 1.54) is 19.3 Å². The van der Waals surface area contributed by atoms with Crippen LogP contribution in [0, 0.1) is 5.92 Å². The summed E-state index contributed by atoms with van der Waals surface area (Å²) in [5.41, 5.74) is 1.75. The van der Waals surface area contributed by atoms with Crippen LogP contribution in [-0.2, 0) is 5.88 Å². The average molecular weight is 252 g/mol. The van der Waals surface area contributed by atoms with Gasteiger partial charge in [0.1, 0.15) is 0 Å². The van der Waals surface area contributed by atoms with Gasteiger partial charge in [0.25, 0.3) is 5.91 Å². The van der Waals surface area contributed by atoms with Crippen LogP contribution in [0.2, 0.25) is 0 Å². The number of hydrogen-bond acceptors (Lipinski definition) is 1. The van der Waals surface area contributed by atoms with Gasteiger partial charge in [0.05, 0.1) is 0 Å². The first-order valence-electron chi connectivity index (χ1n) is 6.22. The predicted octanol–water partition coefficient (Wildman–Crippen LogP) is 3.35. The van der Waals surface area contributed by atoms with Crippen molar-refractivity contribution in [2.45, 2.75) is 31.6 Å². The van der Waals surface area contributed by atoms with Crippen LogP contribution in [0.15, 0.2) is 24.3 Å². The minimum atomic E-state index is 0.0157. The van der Waals surface area contributed by atoms with Crippen molar-refractivity contribution < 1.29 is 4.79 Å². The number of nitrogens with one attached hydrogen (secondary N) is 1. The molecule has 1 saturated carbocycles. The van der Waals surface area contributed by atoms with Crippen molar-refractivity contribution in [3.8, 4) is 0 Å². The zero-order valence-corrected chi connectivity index (χ0v) is 10.7. The van der Waals surface area contributed by atoms with Gasteiger partial charge in [-0.25, -0.2) is 0 Å². The van der Waals surface area contributed by atoms with Crippen molar-refractivity contribution >= 4 is 17.5 Å². The SMILES string of the molecule is O=C(NCCCC1CC1)c1ccc(CCl)cc1. The summed E-state index contributed by atoms with van der Waals surface area (Å²) < 4.78 is 0. The highest BCUT2D eigenvalue weighted by Crippen LogP contribution is 2.33. The molecule has 0 aromatic heterocycles. The van der Waals surface area contributed by atoms with Crippen LogP contribution < -0.4 is 5.32 Å². The highest BCUT2D eigenvalue weighted by atomic mass is 35.5.